The summed E-state index contributed by atoms with van der Waals surface area (Å²) in [5, 5.41) is 11.8. The lowest BCUT2D eigenvalue weighted by molar-refractivity contribution is -0.870. The van der Waals surface area contributed by atoms with Gasteiger partial charge in [0, 0.05) is 12.8 Å². The summed E-state index contributed by atoms with van der Waals surface area (Å²) < 4.78 is 22.8. The SMILES string of the molecule is CC/C=C\C/C=C\C/C=C\C/C=C\C/C=C\C/C=C\C/C=C\C/C=C\CCCCCCCCC(=O)OC(COC(=O)CCCCCCCCCCCCCC/C=C\C/C=C\C/C=C\CCCCCCC)COC(OCC[N+](C)(C)C)C(=O)[O-]. The minimum atomic E-state index is -1.64. The van der Waals surface area contributed by atoms with Crippen LogP contribution >= 0.6 is 0 Å². The normalized spacial score (nSPS) is 13.6. The molecule has 0 rings (SSSR count). The van der Waals surface area contributed by atoms with Crippen LogP contribution in [-0.4, -0.2) is 82.3 Å². The van der Waals surface area contributed by atoms with Gasteiger partial charge in [0.25, 0.3) is 0 Å². The van der Waals surface area contributed by atoms with Gasteiger partial charge in [-0.25, -0.2) is 0 Å². The maximum absolute atomic E-state index is 12.9. The second kappa shape index (κ2) is 63.5. The Kier molecular flexibility index (Phi) is 60.0. The molecule has 0 amide bonds. The molecule has 0 aliphatic carbocycles. The third-order valence-corrected chi connectivity index (χ3v) is 13.9. The van der Waals surface area contributed by atoms with Crippen LogP contribution in [0.15, 0.2) is 134 Å². The zero-order chi connectivity index (χ0) is 60.5. The highest BCUT2D eigenvalue weighted by Crippen LogP contribution is 2.15. The Morgan fingerprint density at radius 2 is 0.687 bits per heavy atom. The number of nitrogens with zero attached hydrogens (tertiary/aromatic N) is 1. The van der Waals surface area contributed by atoms with Gasteiger partial charge < -0.3 is 33.3 Å². The van der Waals surface area contributed by atoms with Gasteiger partial charge in [0.2, 0.25) is 0 Å². The third-order valence-electron chi connectivity index (χ3n) is 13.9. The zero-order valence-corrected chi connectivity index (χ0v) is 53.8. The predicted molar refractivity (Wildman–Crippen MR) is 352 cm³/mol. The third kappa shape index (κ3) is 64.8. The van der Waals surface area contributed by atoms with Gasteiger partial charge in [0.05, 0.1) is 40.3 Å². The number of esters is 2. The van der Waals surface area contributed by atoms with E-state index < -0.39 is 24.3 Å². The number of aliphatic carboxylic acids is 1. The molecular weight excluding hydrogens is 1030 g/mol. The van der Waals surface area contributed by atoms with Crippen molar-refractivity contribution in [3.63, 3.8) is 0 Å². The van der Waals surface area contributed by atoms with E-state index in [4.69, 9.17) is 18.9 Å². The molecule has 472 valence electrons. The molecule has 0 aromatic heterocycles. The van der Waals surface area contributed by atoms with E-state index in [1.807, 2.05) is 21.1 Å². The highest BCUT2D eigenvalue weighted by Gasteiger charge is 2.22. The van der Waals surface area contributed by atoms with Crippen LogP contribution in [0.25, 0.3) is 0 Å². The van der Waals surface area contributed by atoms with Crippen LogP contribution in [0.4, 0.5) is 0 Å². The van der Waals surface area contributed by atoms with Gasteiger partial charge >= 0.3 is 11.9 Å². The molecule has 0 N–H and O–H groups in total. The fraction of sp³-hybridized carbons (Fsp3) is 0.662. The molecule has 83 heavy (non-hydrogen) atoms. The highest BCUT2D eigenvalue weighted by atomic mass is 16.7. The molecule has 0 aliphatic rings. The van der Waals surface area contributed by atoms with Gasteiger partial charge in [-0.05, 0) is 116 Å². The first-order valence-electron chi connectivity index (χ1n) is 33.3. The molecule has 0 saturated heterocycles. The summed E-state index contributed by atoms with van der Waals surface area (Å²) in [4.78, 5) is 37.5. The molecule has 0 bridgehead atoms. The number of carboxylic acids is 1. The van der Waals surface area contributed by atoms with Crippen molar-refractivity contribution in [2.75, 3.05) is 47.5 Å². The molecule has 0 aromatic carbocycles. The fourth-order valence-corrected chi connectivity index (χ4v) is 8.79. The van der Waals surface area contributed by atoms with Crippen LogP contribution in [0.3, 0.4) is 0 Å². The number of quaternary nitrogens is 1. The molecule has 0 fully saturated rings. The smallest absolute Gasteiger partial charge is 0.306 e. The molecule has 2 unspecified atom stereocenters. The van der Waals surface area contributed by atoms with Crippen LogP contribution in [-0.2, 0) is 33.3 Å². The van der Waals surface area contributed by atoms with Crippen LogP contribution in [0.5, 0.6) is 0 Å². The van der Waals surface area contributed by atoms with E-state index in [2.05, 4.69) is 148 Å². The van der Waals surface area contributed by atoms with E-state index in [-0.39, 0.29) is 38.6 Å². The lowest BCUT2D eigenvalue weighted by Crippen LogP contribution is -2.44. The van der Waals surface area contributed by atoms with Crippen molar-refractivity contribution in [3.05, 3.63) is 134 Å². The molecule has 0 heterocycles. The topological polar surface area (TPSA) is 111 Å². The average molecular weight is 1150 g/mol. The Hall–Kier alpha value is -4.57. The Labute approximate surface area is 509 Å². The Morgan fingerprint density at radius 3 is 1.02 bits per heavy atom. The number of carboxylic acid groups (broad SMARTS) is 1. The summed E-state index contributed by atoms with van der Waals surface area (Å²) in [5.74, 6) is -2.31. The monoisotopic (exact) mass is 1150 g/mol. The summed E-state index contributed by atoms with van der Waals surface area (Å²) in [6.07, 6.45) is 87.9. The van der Waals surface area contributed by atoms with E-state index in [1.54, 1.807) is 0 Å². The largest absolute Gasteiger partial charge is 0.545 e. The summed E-state index contributed by atoms with van der Waals surface area (Å²) in [6.45, 7) is 4.60. The summed E-state index contributed by atoms with van der Waals surface area (Å²) in [5.41, 5.74) is 0. The van der Waals surface area contributed by atoms with Crippen molar-refractivity contribution in [3.8, 4) is 0 Å². The van der Waals surface area contributed by atoms with Gasteiger partial charge in [0.15, 0.2) is 12.4 Å². The van der Waals surface area contributed by atoms with E-state index in [9.17, 15) is 19.5 Å². The molecule has 0 saturated carbocycles. The summed E-state index contributed by atoms with van der Waals surface area (Å²) in [6, 6.07) is 0. The summed E-state index contributed by atoms with van der Waals surface area (Å²) >= 11 is 0. The number of carbonyl (C=O) groups excluding carboxylic acids is 3. The maximum Gasteiger partial charge on any atom is 0.306 e. The number of hydrogen-bond acceptors (Lipinski definition) is 8. The van der Waals surface area contributed by atoms with Crippen LogP contribution in [0, 0.1) is 0 Å². The fourth-order valence-electron chi connectivity index (χ4n) is 8.79. The molecule has 0 spiro atoms. The van der Waals surface area contributed by atoms with Crippen molar-refractivity contribution < 1.29 is 42.9 Å². The van der Waals surface area contributed by atoms with Crippen LogP contribution in [0.2, 0.25) is 0 Å². The van der Waals surface area contributed by atoms with Gasteiger partial charge in [-0.1, -0.05) is 263 Å². The Balaban J connectivity index is 4.25. The lowest BCUT2D eigenvalue weighted by Gasteiger charge is -2.26. The molecular formula is C74H123NO8. The van der Waals surface area contributed by atoms with E-state index in [0.29, 0.717) is 17.4 Å². The molecule has 2 atom stereocenters. The molecule has 9 nitrogen and oxygen atoms in total. The van der Waals surface area contributed by atoms with Gasteiger partial charge in [0.1, 0.15) is 13.2 Å². The second-order valence-corrected chi connectivity index (χ2v) is 23.0. The van der Waals surface area contributed by atoms with Crippen molar-refractivity contribution in [2.45, 2.75) is 270 Å². The standard InChI is InChI=1S/C74H123NO8/c1-6-8-10-12-14-16-18-20-22-24-26-28-30-32-34-35-36-37-39-41-43-45-47-49-51-53-55-57-59-61-63-65-72(77)83-70(69-82-74(73(78)79)80-67-66-75(3,4)5)68-81-71(76)64-62-60-58-56-54-52-50-48-46-44-42-40-38-33-31-29-27-25-23-21-19-17-15-13-11-9-7-2/h8,10,14,16,19-22,25-28,31-34,36-37,41,43,47,49,70,74H,6-7,9,11-13,15,17-18,23-24,29-30,35,38-40,42,44-46,48,50-69H2,1-5H3/b10-8-,16-14-,21-19-,22-20-,27-25-,28-26-,33-31-,34-32-,37-36-,43-41-,49-47-. The first-order valence-corrected chi connectivity index (χ1v) is 33.3. The van der Waals surface area contributed by atoms with Crippen molar-refractivity contribution in [1.29, 1.82) is 0 Å². The number of likely N-dealkylation sites (N-methyl/N-ethyl adjacent to an activating group) is 1. The molecule has 0 aliphatic heterocycles. The minimum absolute atomic E-state index is 0.137. The van der Waals surface area contributed by atoms with Crippen molar-refractivity contribution in [1.82, 2.24) is 0 Å². The second-order valence-electron chi connectivity index (χ2n) is 23.0. The lowest BCUT2D eigenvalue weighted by atomic mass is 10.0. The number of ether oxygens (including phenoxy) is 4. The number of allylic oxidation sites excluding steroid dienone is 22. The molecule has 0 aromatic rings. The van der Waals surface area contributed by atoms with Crippen molar-refractivity contribution >= 4 is 17.9 Å². The zero-order valence-electron chi connectivity index (χ0n) is 53.8. The number of rotatable bonds is 60. The molecule has 9 heteroatoms. The maximum atomic E-state index is 12.9. The van der Waals surface area contributed by atoms with E-state index >= 15 is 0 Å². The first-order chi connectivity index (χ1) is 40.6. The van der Waals surface area contributed by atoms with Gasteiger partial charge in [-0.2, -0.15) is 0 Å². The molecule has 0 radical (unpaired) electrons. The van der Waals surface area contributed by atoms with E-state index in [0.717, 1.165) is 122 Å². The Morgan fingerprint density at radius 1 is 0.373 bits per heavy atom. The predicted octanol–water partition coefficient (Wildman–Crippen LogP) is 19.2. The van der Waals surface area contributed by atoms with Crippen molar-refractivity contribution in [2.24, 2.45) is 0 Å². The Bertz CT molecular complexity index is 1820. The van der Waals surface area contributed by atoms with Gasteiger partial charge in [-0.3, -0.25) is 9.59 Å². The summed E-state index contributed by atoms with van der Waals surface area (Å²) in [7, 11) is 5.91. The first kappa shape index (κ1) is 78.4. The average Bonchev–Trinajstić information content (AvgIpc) is 3.46. The number of unbranched alkanes of at least 4 members (excludes halogenated alkanes) is 23. The van der Waals surface area contributed by atoms with Crippen LogP contribution in [0.1, 0.15) is 258 Å². The van der Waals surface area contributed by atoms with E-state index in [1.165, 1.54) is 103 Å². The highest BCUT2D eigenvalue weighted by molar-refractivity contribution is 5.70. The quantitative estimate of drug-likeness (QED) is 0.0195. The number of carbonyl (C=O) groups is 3. The van der Waals surface area contributed by atoms with Crippen LogP contribution < -0.4 is 5.11 Å². The number of hydrogen-bond donors (Lipinski definition) is 0. The van der Waals surface area contributed by atoms with Gasteiger partial charge in [-0.15, -0.1) is 0 Å². The minimum Gasteiger partial charge on any atom is -0.545 e.